The molecule has 9 nitrogen and oxygen atoms in total. The van der Waals surface area contributed by atoms with Gasteiger partial charge in [0.25, 0.3) is 5.56 Å². The van der Waals surface area contributed by atoms with Crippen molar-refractivity contribution in [2.75, 3.05) is 30.5 Å². The van der Waals surface area contributed by atoms with E-state index in [4.69, 9.17) is 9.72 Å². The summed E-state index contributed by atoms with van der Waals surface area (Å²) in [6.07, 6.45) is 3.46. The van der Waals surface area contributed by atoms with Gasteiger partial charge in [-0.05, 0) is 56.0 Å². The fourth-order valence-electron chi connectivity index (χ4n) is 3.50. The van der Waals surface area contributed by atoms with Gasteiger partial charge in [0.1, 0.15) is 17.5 Å². The molecule has 32 heavy (non-hydrogen) atoms. The van der Waals surface area contributed by atoms with Crippen LogP contribution >= 0.6 is 0 Å². The normalized spacial score (nSPS) is 14.4. The standard InChI is InChI=1S/C23H30N6O3/c1-23(2,3)28-21-20-16(5-7-29(8-9-30)22(20)31)11-19(27-21)26-18-10-15(4-6-24-18)12-25-17-13-32-14-17/h4-7,10-11,17,25,30H,8-9,12-14H2,1-3H3,(H2,24,26,27,28). The summed E-state index contributed by atoms with van der Waals surface area (Å²) in [6.45, 7) is 8.41. The lowest BCUT2D eigenvalue weighted by Gasteiger charge is -2.27. The second-order valence-electron chi connectivity index (χ2n) is 9.02. The van der Waals surface area contributed by atoms with E-state index in [2.05, 4.69) is 20.9 Å². The molecule has 9 heteroatoms. The highest BCUT2D eigenvalue weighted by molar-refractivity contribution is 5.93. The van der Waals surface area contributed by atoms with E-state index in [0.717, 1.165) is 30.7 Å². The Morgan fingerprint density at radius 1 is 1.22 bits per heavy atom. The summed E-state index contributed by atoms with van der Waals surface area (Å²) in [7, 11) is 0. The lowest BCUT2D eigenvalue weighted by atomic mass is 10.1. The minimum absolute atomic E-state index is 0.106. The molecule has 4 rings (SSSR count). The van der Waals surface area contributed by atoms with Gasteiger partial charge in [0.15, 0.2) is 0 Å². The van der Waals surface area contributed by atoms with E-state index in [1.54, 1.807) is 12.4 Å². The lowest BCUT2D eigenvalue weighted by molar-refractivity contribution is -0.00578. The maximum atomic E-state index is 13.0. The zero-order valence-electron chi connectivity index (χ0n) is 18.7. The van der Waals surface area contributed by atoms with Gasteiger partial charge in [-0.2, -0.15) is 0 Å². The van der Waals surface area contributed by atoms with Crippen LogP contribution in [0.25, 0.3) is 10.8 Å². The van der Waals surface area contributed by atoms with Crippen LogP contribution in [0.2, 0.25) is 0 Å². The highest BCUT2D eigenvalue weighted by Crippen LogP contribution is 2.26. The van der Waals surface area contributed by atoms with Crippen LogP contribution < -0.4 is 21.5 Å². The smallest absolute Gasteiger partial charge is 0.262 e. The Kier molecular flexibility index (Phi) is 6.40. The van der Waals surface area contributed by atoms with Gasteiger partial charge in [0.2, 0.25) is 0 Å². The van der Waals surface area contributed by atoms with E-state index in [9.17, 15) is 9.90 Å². The van der Waals surface area contributed by atoms with Crippen molar-refractivity contribution in [3.63, 3.8) is 0 Å². The number of hydrogen-bond donors (Lipinski definition) is 4. The number of aliphatic hydroxyl groups is 1. The molecule has 170 valence electrons. The Morgan fingerprint density at radius 3 is 2.72 bits per heavy atom. The predicted octanol–water partition coefficient (Wildman–Crippen LogP) is 2.23. The molecule has 3 aromatic heterocycles. The second-order valence-corrected chi connectivity index (χ2v) is 9.02. The van der Waals surface area contributed by atoms with Crippen molar-refractivity contribution in [3.05, 3.63) is 52.6 Å². The Labute approximate surface area is 186 Å². The molecular formula is C23H30N6O3. The van der Waals surface area contributed by atoms with Crippen LogP contribution in [0, 0.1) is 0 Å². The largest absolute Gasteiger partial charge is 0.395 e. The number of ether oxygens (including phenoxy) is 1. The van der Waals surface area contributed by atoms with E-state index >= 15 is 0 Å². The molecule has 4 N–H and O–H groups in total. The van der Waals surface area contributed by atoms with Gasteiger partial charge in [0.05, 0.1) is 31.2 Å². The van der Waals surface area contributed by atoms with Crippen LogP contribution in [0.1, 0.15) is 26.3 Å². The summed E-state index contributed by atoms with van der Waals surface area (Å²) >= 11 is 0. The summed E-state index contributed by atoms with van der Waals surface area (Å²) in [5.41, 5.74) is 0.626. The van der Waals surface area contributed by atoms with Gasteiger partial charge >= 0.3 is 0 Å². The fourth-order valence-corrected chi connectivity index (χ4v) is 3.50. The van der Waals surface area contributed by atoms with E-state index in [1.807, 2.05) is 45.0 Å². The first-order valence-electron chi connectivity index (χ1n) is 10.8. The van der Waals surface area contributed by atoms with Crippen molar-refractivity contribution >= 4 is 28.2 Å². The minimum atomic E-state index is -0.294. The van der Waals surface area contributed by atoms with E-state index in [1.165, 1.54) is 4.57 Å². The number of pyridine rings is 3. The summed E-state index contributed by atoms with van der Waals surface area (Å²) in [5.74, 6) is 1.77. The first-order valence-corrected chi connectivity index (χ1v) is 10.8. The summed E-state index contributed by atoms with van der Waals surface area (Å²) < 4.78 is 6.69. The molecule has 1 aliphatic heterocycles. The highest BCUT2D eigenvalue weighted by atomic mass is 16.5. The third-order valence-corrected chi connectivity index (χ3v) is 5.11. The molecule has 4 heterocycles. The zero-order valence-corrected chi connectivity index (χ0v) is 18.7. The molecule has 0 unspecified atom stereocenters. The molecule has 0 radical (unpaired) electrons. The quantitative estimate of drug-likeness (QED) is 0.423. The Bertz CT molecular complexity index is 1150. The number of rotatable bonds is 8. The van der Waals surface area contributed by atoms with Crippen LogP contribution in [0.5, 0.6) is 0 Å². The summed E-state index contributed by atoms with van der Waals surface area (Å²) in [5, 5.41) is 20.6. The number of aromatic nitrogens is 3. The third-order valence-electron chi connectivity index (χ3n) is 5.11. The summed E-state index contributed by atoms with van der Waals surface area (Å²) in [6, 6.07) is 8.06. The van der Waals surface area contributed by atoms with Crippen LogP contribution in [-0.2, 0) is 17.8 Å². The van der Waals surface area contributed by atoms with Crippen molar-refractivity contribution in [2.45, 2.75) is 45.4 Å². The van der Waals surface area contributed by atoms with Crippen molar-refractivity contribution in [1.82, 2.24) is 19.9 Å². The molecule has 1 saturated heterocycles. The first-order chi connectivity index (χ1) is 15.3. The molecule has 0 spiro atoms. The number of nitrogens with one attached hydrogen (secondary N) is 3. The fraction of sp³-hybridized carbons (Fsp3) is 0.435. The second kappa shape index (κ2) is 9.23. The molecule has 0 saturated carbocycles. The van der Waals surface area contributed by atoms with Gasteiger partial charge in [0, 0.05) is 31.0 Å². The van der Waals surface area contributed by atoms with Crippen molar-refractivity contribution in [2.24, 2.45) is 0 Å². The number of aliphatic hydroxyl groups excluding tert-OH is 1. The van der Waals surface area contributed by atoms with Gasteiger partial charge in [-0.15, -0.1) is 0 Å². The number of fused-ring (bicyclic) bond motifs is 1. The van der Waals surface area contributed by atoms with Crippen LogP contribution in [0.3, 0.4) is 0 Å². The van der Waals surface area contributed by atoms with E-state index < -0.39 is 0 Å². The monoisotopic (exact) mass is 438 g/mol. The van der Waals surface area contributed by atoms with E-state index in [-0.39, 0.29) is 24.2 Å². The van der Waals surface area contributed by atoms with Crippen molar-refractivity contribution in [3.8, 4) is 0 Å². The Hall–Kier alpha value is -3.01. The number of anilines is 3. The molecule has 0 amide bonds. The topological polar surface area (TPSA) is 113 Å². The number of hydrogen-bond acceptors (Lipinski definition) is 8. The minimum Gasteiger partial charge on any atom is -0.395 e. The predicted molar refractivity (Wildman–Crippen MR) is 125 cm³/mol. The van der Waals surface area contributed by atoms with Gasteiger partial charge in [-0.1, -0.05) is 0 Å². The highest BCUT2D eigenvalue weighted by Gasteiger charge is 2.18. The van der Waals surface area contributed by atoms with Crippen LogP contribution in [0.4, 0.5) is 17.5 Å². The van der Waals surface area contributed by atoms with Crippen molar-refractivity contribution < 1.29 is 9.84 Å². The average Bonchev–Trinajstić information content (AvgIpc) is 2.68. The van der Waals surface area contributed by atoms with Crippen molar-refractivity contribution in [1.29, 1.82) is 0 Å². The molecular weight excluding hydrogens is 408 g/mol. The Morgan fingerprint density at radius 2 is 2.03 bits per heavy atom. The SMILES string of the molecule is CC(C)(C)Nc1nc(Nc2cc(CNC3COC3)ccn2)cc2ccn(CCO)c(=O)c12. The van der Waals surface area contributed by atoms with E-state index in [0.29, 0.717) is 28.9 Å². The van der Waals surface area contributed by atoms with Crippen LogP contribution in [-0.4, -0.2) is 51.0 Å². The molecule has 0 aliphatic carbocycles. The lowest BCUT2D eigenvalue weighted by Crippen LogP contribution is -2.45. The van der Waals surface area contributed by atoms with Gasteiger partial charge in [-0.3, -0.25) is 4.79 Å². The van der Waals surface area contributed by atoms with Crippen LogP contribution in [0.15, 0.2) is 41.5 Å². The molecule has 3 aromatic rings. The molecule has 1 aliphatic rings. The Balaban J connectivity index is 1.65. The molecule has 0 bridgehead atoms. The maximum Gasteiger partial charge on any atom is 0.262 e. The van der Waals surface area contributed by atoms with Gasteiger partial charge in [-0.25, -0.2) is 9.97 Å². The third kappa shape index (κ3) is 5.24. The maximum absolute atomic E-state index is 13.0. The van der Waals surface area contributed by atoms with Gasteiger partial charge < -0.3 is 30.4 Å². The molecule has 1 fully saturated rings. The number of nitrogens with zero attached hydrogens (tertiary/aromatic N) is 3. The summed E-state index contributed by atoms with van der Waals surface area (Å²) in [4.78, 5) is 22.1. The first kappa shape index (κ1) is 22.2. The zero-order chi connectivity index (χ0) is 22.7. The molecule has 0 atom stereocenters. The molecule has 0 aromatic carbocycles. The average molecular weight is 439 g/mol.